The summed E-state index contributed by atoms with van der Waals surface area (Å²) >= 11 is 1.29. The van der Waals surface area contributed by atoms with Crippen molar-refractivity contribution >= 4 is 27.3 Å². The maximum absolute atomic E-state index is 12.9. The van der Waals surface area contributed by atoms with Gasteiger partial charge in [-0.1, -0.05) is 12.2 Å². The van der Waals surface area contributed by atoms with Gasteiger partial charge < -0.3 is 4.74 Å². The van der Waals surface area contributed by atoms with Crippen LogP contribution in [-0.2, 0) is 26.1 Å². The van der Waals surface area contributed by atoms with Gasteiger partial charge in [0.15, 0.2) is 0 Å². The molecule has 0 amide bonds. The van der Waals surface area contributed by atoms with E-state index in [1.165, 1.54) is 22.8 Å². The topological polar surface area (TPSA) is 66.9 Å². The fourth-order valence-electron chi connectivity index (χ4n) is 3.00. The van der Waals surface area contributed by atoms with Gasteiger partial charge in [-0.2, -0.15) is 4.31 Å². The van der Waals surface area contributed by atoms with Crippen molar-refractivity contribution in [2.45, 2.75) is 23.6 Å². The second-order valence-corrected chi connectivity index (χ2v) is 9.53. The van der Waals surface area contributed by atoms with Crippen LogP contribution < -0.4 is 0 Å². The van der Waals surface area contributed by atoms with Crippen molar-refractivity contribution in [1.29, 1.82) is 0 Å². The number of esters is 1. The molecule has 0 radical (unpaired) electrons. The van der Waals surface area contributed by atoms with Crippen LogP contribution in [0.5, 0.6) is 0 Å². The minimum absolute atomic E-state index is 0.211. The van der Waals surface area contributed by atoms with E-state index in [1.807, 2.05) is 18.2 Å². The number of carbonyl (C=O) groups excluding carboxylic acids is 1. The van der Waals surface area contributed by atoms with Crippen LogP contribution in [0.25, 0.3) is 0 Å². The zero-order chi connectivity index (χ0) is 19.2. The quantitative estimate of drug-likeness (QED) is 0.472. The molecule has 8 heteroatoms. The van der Waals surface area contributed by atoms with Crippen LogP contribution in [0.15, 0.2) is 41.7 Å². The van der Waals surface area contributed by atoms with Crippen LogP contribution in [-0.4, -0.2) is 56.9 Å². The summed E-state index contributed by atoms with van der Waals surface area (Å²) in [6, 6.07) is 3.53. The van der Waals surface area contributed by atoms with E-state index in [1.54, 1.807) is 6.07 Å². The van der Waals surface area contributed by atoms with Gasteiger partial charge in [0.2, 0.25) is 0 Å². The molecule has 0 saturated carbocycles. The Morgan fingerprint density at radius 3 is 2.46 bits per heavy atom. The highest BCUT2D eigenvalue weighted by atomic mass is 32.2. The number of nitrogens with zero attached hydrogens (tertiary/aromatic N) is 2. The zero-order valence-corrected chi connectivity index (χ0v) is 16.7. The van der Waals surface area contributed by atoms with Crippen molar-refractivity contribution in [1.82, 2.24) is 9.21 Å². The lowest BCUT2D eigenvalue weighted by Gasteiger charge is -2.29. The smallest absolute Gasteiger partial charge is 0.308 e. The Bertz CT molecular complexity index is 724. The van der Waals surface area contributed by atoms with Crippen molar-refractivity contribution in [3.63, 3.8) is 0 Å². The van der Waals surface area contributed by atoms with E-state index in [2.05, 4.69) is 18.1 Å². The van der Waals surface area contributed by atoms with Crippen molar-refractivity contribution in [3.8, 4) is 0 Å². The molecule has 1 fully saturated rings. The van der Waals surface area contributed by atoms with Gasteiger partial charge in [-0.05, 0) is 25.0 Å². The Balaban J connectivity index is 2.04. The van der Waals surface area contributed by atoms with E-state index >= 15 is 0 Å². The average Bonchev–Trinajstić information content (AvgIpc) is 3.11. The average molecular weight is 399 g/mol. The highest BCUT2D eigenvalue weighted by Gasteiger charge is 2.33. The first-order valence-corrected chi connectivity index (χ1v) is 10.8. The van der Waals surface area contributed by atoms with Gasteiger partial charge in [-0.15, -0.1) is 24.5 Å². The van der Waals surface area contributed by atoms with Crippen molar-refractivity contribution in [3.05, 3.63) is 42.3 Å². The van der Waals surface area contributed by atoms with E-state index < -0.39 is 10.0 Å². The van der Waals surface area contributed by atoms with E-state index in [0.29, 0.717) is 49.8 Å². The Morgan fingerprint density at radius 2 is 1.92 bits per heavy atom. The lowest BCUT2D eigenvalue weighted by Crippen LogP contribution is -2.40. The first kappa shape index (κ1) is 20.8. The predicted octanol–water partition coefficient (Wildman–Crippen LogP) is 2.50. The first-order chi connectivity index (χ1) is 12.4. The van der Waals surface area contributed by atoms with Gasteiger partial charge in [0.05, 0.1) is 13.0 Å². The number of sulfonamides is 1. The van der Waals surface area contributed by atoms with Crippen LogP contribution in [0.1, 0.15) is 17.7 Å². The molecule has 6 nitrogen and oxygen atoms in total. The van der Waals surface area contributed by atoms with E-state index in [9.17, 15) is 13.2 Å². The number of hydrogen-bond donors (Lipinski definition) is 0. The van der Waals surface area contributed by atoms with Crippen LogP contribution in [0.3, 0.4) is 0 Å². The molecule has 0 unspecified atom stereocenters. The highest BCUT2D eigenvalue weighted by molar-refractivity contribution is 7.91. The second kappa shape index (κ2) is 9.45. The molecule has 0 atom stereocenters. The molecule has 2 rings (SSSR count). The maximum Gasteiger partial charge on any atom is 0.308 e. The molecule has 0 bridgehead atoms. The SMILES string of the molecule is C=CCN(CC=C)Cc1ccc(S(=O)(=O)N2CCC(C(=O)OC)CC2)s1. The summed E-state index contributed by atoms with van der Waals surface area (Å²) in [5.41, 5.74) is 0. The number of rotatable bonds is 9. The van der Waals surface area contributed by atoms with E-state index in [0.717, 1.165) is 4.88 Å². The van der Waals surface area contributed by atoms with Gasteiger partial charge in [-0.3, -0.25) is 9.69 Å². The molecule has 0 aromatic carbocycles. The molecule has 1 aromatic rings. The summed E-state index contributed by atoms with van der Waals surface area (Å²) in [5.74, 6) is -0.471. The standard InChI is InChI=1S/C18H26N2O4S2/c1-4-10-19(11-5-2)14-16-6-7-17(25-16)26(22,23)20-12-8-15(9-13-20)18(21)24-3/h4-7,15H,1-2,8-14H2,3H3. The third kappa shape index (κ3) is 5.03. The summed E-state index contributed by atoms with van der Waals surface area (Å²) in [5, 5.41) is 0. The molecule has 1 aromatic heterocycles. The third-order valence-electron chi connectivity index (χ3n) is 4.37. The van der Waals surface area contributed by atoms with Gasteiger partial charge in [0.25, 0.3) is 10.0 Å². The number of thiophene rings is 1. The minimum atomic E-state index is -3.52. The molecule has 26 heavy (non-hydrogen) atoms. The molecule has 2 heterocycles. The predicted molar refractivity (Wildman–Crippen MR) is 103 cm³/mol. The van der Waals surface area contributed by atoms with E-state index in [4.69, 9.17) is 4.74 Å². The first-order valence-electron chi connectivity index (χ1n) is 8.53. The highest BCUT2D eigenvalue weighted by Crippen LogP contribution is 2.29. The maximum atomic E-state index is 12.9. The number of carbonyl (C=O) groups is 1. The molecular weight excluding hydrogens is 372 g/mol. The second-order valence-electron chi connectivity index (χ2n) is 6.19. The van der Waals surface area contributed by atoms with Crippen LogP contribution in [0.4, 0.5) is 0 Å². The fourth-order valence-corrected chi connectivity index (χ4v) is 6.02. The summed E-state index contributed by atoms with van der Waals surface area (Å²) in [4.78, 5) is 14.7. The van der Waals surface area contributed by atoms with Crippen molar-refractivity contribution in [2.24, 2.45) is 5.92 Å². The van der Waals surface area contributed by atoms with Crippen molar-refractivity contribution in [2.75, 3.05) is 33.3 Å². The number of piperidine rings is 1. The Kier molecular flexibility index (Phi) is 7.57. The molecule has 0 spiro atoms. The normalized spacial score (nSPS) is 16.5. The van der Waals surface area contributed by atoms with Crippen LogP contribution in [0.2, 0.25) is 0 Å². The van der Waals surface area contributed by atoms with Gasteiger partial charge in [0.1, 0.15) is 4.21 Å². The van der Waals surface area contributed by atoms with Crippen LogP contribution >= 0.6 is 11.3 Å². The molecule has 1 aliphatic heterocycles. The van der Waals surface area contributed by atoms with Crippen molar-refractivity contribution < 1.29 is 17.9 Å². The minimum Gasteiger partial charge on any atom is -0.469 e. The number of hydrogen-bond acceptors (Lipinski definition) is 6. The monoisotopic (exact) mass is 398 g/mol. The fraction of sp³-hybridized carbons (Fsp3) is 0.500. The Morgan fingerprint density at radius 1 is 1.31 bits per heavy atom. The lowest BCUT2D eigenvalue weighted by atomic mass is 9.99. The molecule has 0 aliphatic carbocycles. The molecular formula is C18H26N2O4S2. The van der Waals surface area contributed by atoms with Gasteiger partial charge >= 0.3 is 5.97 Å². The van der Waals surface area contributed by atoms with Gasteiger partial charge in [-0.25, -0.2) is 8.42 Å². The zero-order valence-electron chi connectivity index (χ0n) is 15.1. The number of ether oxygens (including phenoxy) is 1. The van der Waals surface area contributed by atoms with Gasteiger partial charge in [0, 0.05) is 37.6 Å². The lowest BCUT2D eigenvalue weighted by molar-refractivity contribution is -0.146. The Labute approximate surface area is 159 Å². The number of methoxy groups -OCH3 is 1. The van der Waals surface area contributed by atoms with E-state index in [-0.39, 0.29) is 11.9 Å². The summed E-state index contributed by atoms with van der Waals surface area (Å²) in [6.07, 6.45) is 4.63. The summed E-state index contributed by atoms with van der Waals surface area (Å²) in [7, 11) is -2.15. The third-order valence-corrected chi connectivity index (χ3v) is 7.81. The molecule has 144 valence electrons. The largest absolute Gasteiger partial charge is 0.469 e. The molecule has 1 aliphatic rings. The summed E-state index contributed by atoms with van der Waals surface area (Å²) < 4.78 is 32.3. The van der Waals surface area contributed by atoms with Crippen LogP contribution in [0, 0.1) is 5.92 Å². The molecule has 1 saturated heterocycles. The Hall–Kier alpha value is -1.48. The summed E-state index contributed by atoms with van der Waals surface area (Å²) in [6.45, 7) is 10.3. The molecule has 0 N–H and O–H groups in total.